The zero-order valence-corrected chi connectivity index (χ0v) is 10.2. The second-order valence-corrected chi connectivity index (χ2v) is 4.49. The van der Waals surface area contributed by atoms with Crippen LogP contribution in [0.3, 0.4) is 0 Å². The standard InChI is InChI=1S/C13H16FN3/c1-8(2)13-11(7-17(3)16-13)10-6-9(14)4-5-12(10)15/h4-8H,15H2,1-3H3. The van der Waals surface area contributed by atoms with Gasteiger partial charge < -0.3 is 5.73 Å². The number of nitrogens with zero attached hydrogens (tertiary/aromatic N) is 2. The van der Waals surface area contributed by atoms with Gasteiger partial charge in [-0.15, -0.1) is 0 Å². The lowest BCUT2D eigenvalue weighted by Gasteiger charge is -2.08. The summed E-state index contributed by atoms with van der Waals surface area (Å²) in [5.74, 6) is -0.0124. The molecule has 0 aliphatic rings. The summed E-state index contributed by atoms with van der Waals surface area (Å²) in [7, 11) is 1.85. The fourth-order valence-corrected chi connectivity index (χ4v) is 1.90. The van der Waals surface area contributed by atoms with Crippen LogP contribution >= 0.6 is 0 Å². The minimum Gasteiger partial charge on any atom is -0.398 e. The average Bonchev–Trinajstić information content (AvgIpc) is 2.64. The number of aromatic nitrogens is 2. The molecule has 2 rings (SSSR count). The van der Waals surface area contributed by atoms with E-state index in [0.717, 1.165) is 11.3 Å². The number of aryl methyl sites for hydroxylation is 1. The number of anilines is 1. The summed E-state index contributed by atoms with van der Waals surface area (Å²) in [4.78, 5) is 0. The zero-order valence-electron chi connectivity index (χ0n) is 10.2. The van der Waals surface area contributed by atoms with Gasteiger partial charge >= 0.3 is 0 Å². The molecule has 1 aromatic heterocycles. The van der Waals surface area contributed by atoms with E-state index < -0.39 is 0 Å². The monoisotopic (exact) mass is 233 g/mol. The van der Waals surface area contributed by atoms with E-state index in [4.69, 9.17) is 5.73 Å². The Morgan fingerprint density at radius 1 is 1.29 bits per heavy atom. The zero-order chi connectivity index (χ0) is 12.6. The largest absolute Gasteiger partial charge is 0.398 e. The van der Waals surface area contributed by atoms with Gasteiger partial charge in [-0.2, -0.15) is 5.10 Å². The predicted molar refractivity (Wildman–Crippen MR) is 67.1 cm³/mol. The smallest absolute Gasteiger partial charge is 0.123 e. The van der Waals surface area contributed by atoms with Crippen molar-refractivity contribution in [1.82, 2.24) is 9.78 Å². The van der Waals surface area contributed by atoms with Gasteiger partial charge in [-0.1, -0.05) is 13.8 Å². The minimum atomic E-state index is -0.284. The highest BCUT2D eigenvalue weighted by atomic mass is 19.1. The summed E-state index contributed by atoms with van der Waals surface area (Å²) in [5, 5.41) is 4.40. The molecule has 2 aromatic rings. The van der Waals surface area contributed by atoms with Crippen LogP contribution in [0.15, 0.2) is 24.4 Å². The molecule has 90 valence electrons. The van der Waals surface area contributed by atoms with Crippen molar-refractivity contribution in [3.8, 4) is 11.1 Å². The molecule has 3 nitrogen and oxygen atoms in total. The van der Waals surface area contributed by atoms with Gasteiger partial charge in [0, 0.05) is 30.1 Å². The lowest BCUT2D eigenvalue weighted by Crippen LogP contribution is -1.96. The van der Waals surface area contributed by atoms with E-state index in [1.165, 1.54) is 12.1 Å². The summed E-state index contributed by atoms with van der Waals surface area (Å²) in [5.41, 5.74) is 9.01. The quantitative estimate of drug-likeness (QED) is 0.810. The van der Waals surface area contributed by atoms with Crippen molar-refractivity contribution in [3.05, 3.63) is 35.9 Å². The summed E-state index contributed by atoms with van der Waals surface area (Å²) in [6, 6.07) is 4.41. The number of nitrogen functional groups attached to an aromatic ring is 1. The highest BCUT2D eigenvalue weighted by Gasteiger charge is 2.15. The van der Waals surface area contributed by atoms with Crippen molar-refractivity contribution in [2.75, 3.05) is 5.73 Å². The van der Waals surface area contributed by atoms with Crippen LogP contribution in [-0.4, -0.2) is 9.78 Å². The normalized spacial score (nSPS) is 11.1. The van der Waals surface area contributed by atoms with Crippen LogP contribution in [0.25, 0.3) is 11.1 Å². The van der Waals surface area contributed by atoms with E-state index in [0.29, 0.717) is 11.3 Å². The Morgan fingerprint density at radius 2 is 2.00 bits per heavy atom. The maximum atomic E-state index is 13.3. The third-order valence-electron chi connectivity index (χ3n) is 2.71. The van der Waals surface area contributed by atoms with Crippen molar-refractivity contribution in [2.24, 2.45) is 7.05 Å². The Bertz CT molecular complexity index is 544. The molecule has 0 saturated carbocycles. The highest BCUT2D eigenvalue weighted by molar-refractivity contribution is 5.77. The first-order chi connectivity index (χ1) is 7.99. The van der Waals surface area contributed by atoms with Crippen LogP contribution in [0.1, 0.15) is 25.5 Å². The van der Waals surface area contributed by atoms with Crippen molar-refractivity contribution in [3.63, 3.8) is 0 Å². The molecular formula is C13H16FN3. The number of hydrogen-bond acceptors (Lipinski definition) is 2. The number of benzene rings is 1. The van der Waals surface area contributed by atoms with E-state index in [1.807, 2.05) is 13.2 Å². The highest BCUT2D eigenvalue weighted by Crippen LogP contribution is 2.32. The van der Waals surface area contributed by atoms with Gasteiger partial charge in [0.05, 0.1) is 5.69 Å². The fraction of sp³-hybridized carbons (Fsp3) is 0.308. The molecule has 0 aliphatic carbocycles. The predicted octanol–water partition coefficient (Wildman–Crippen LogP) is 2.93. The van der Waals surface area contributed by atoms with Gasteiger partial charge in [-0.25, -0.2) is 4.39 Å². The summed E-state index contributed by atoms with van der Waals surface area (Å²) >= 11 is 0. The molecule has 0 radical (unpaired) electrons. The fourth-order valence-electron chi connectivity index (χ4n) is 1.90. The molecular weight excluding hydrogens is 217 g/mol. The van der Waals surface area contributed by atoms with Crippen molar-refractivity contribution >= 4 is 5.69 Å². The molecule has 0 bridgehead atoms. The maximum absolute atomic E-state index is 13.3. The summed E-state index contributed by atoms with van der Waals surface area (Å²) < 4.78 is 15.0. The first kappa shape index (κ1) is 11.6. The Labute approximate surface area is 100 Å². The van der Waals surface area contributed by atoms with Crippen LogP contribution in [0, 0.1) is 5.82 Å². The first-order valence-corrected chi connectivity index (χ1v) is 5.58. The Hall–Kier alpha value is -1.84. The van der Waals surface area contributed by atoms with E-state index >= 15 is 0 Å². The Kier molecular flexibility index (Phi) is 2.88. The van der Waals surface area contributed by atoms with E-state index in [-0.39, 0.29) is 11.7 Å². The van der Waals surface area contributed by atoms with Crippen LogP contribution in [0.2, 0.25) is 0 Å². The van der Waals surface area contributed by atoms with E-state index in [2.05, 4.69) is 18.9 Å². The van der Waals surface area contributed by atoms with Gasteiger partial charge in [-0.05, 0) is 24.1 Å². The molecule has 4 heteroatoms. The third-order valence-corrected chi connectivity index (χ3v) is 2.71. The number of hydrogen-bond donors (Lipinski definition) is 1. The molecule has 1 heterocycles. The number of rotatable bonds is 2. The van der Waals surface area contributed by atoms with Crippen LogP contribution < -0.4 is 5.73 Å². The molecule has 0 atom stereocenters. The van der Waals surface area contributed by atoms with Gasteiger partial charge in [0.1, 0.15) is 5.82 Å². The molecule has 0 fully saturated rings. The SMILES string of the molecule is CC(C)c1nn(C)cc1-c1cc(F)ccc1N. The van der Waals surface area contributed by atoms with Crippen molar-refractivity contribution in [1.29, 1.82) is 0 Å². The Morgan fingerprint density at radius 3 is 2.65 bits per heavy atom. The molecule has 0 aliphatic heterocycles. The molecule has 1 aromatic carbocycles. The summed E-state index contributed by atoms with van der Waals surface area (Å²) in [6.07, 6.45) is 1.88. The topological polar surface area (TPSA) is 43.8 Å². The van der Waals surface area contributed by atoms with Crippen molar-refractivity contribution in [2.45, 2.75) is 19.8 Å². The second kappa shape index (κ2) is 4.20. The average molecular weight is 233 g/mol. The number of halogens is 1. The molecule has 0 saturated heterocycles. The number of nitrogens with two attached hydrogens (primary N) is 1. The van der Waals surface area contributed by atoms with Crippen LogP contribution in [0.5, 0.6) is 0 Å². The van der Waals surface area contributed by atoms with E-state index in [1.54, 1.807) is 10.7 Å². The lowest BCUT2D eigenvalue weighted by atomic mass is 9.99. The molecule has 0 amide bonds. The maximum Gasteiger partial charge on any atom is 0.123 e. The minimum absolute atomic E-state index is 0.272. The van der Waals surface area contributed by atoms with E-state index in [9.17, 15) is 4.39 Å². The first-order valence-electron chi connectivity index (χ1n) is 5.58. The molecule has 0 unspecified atom stereocenters. The molecule has 0 spiro atoms. The lowest BCUT2D eigenvalue weighted by molar-refractivity contribution is 0.628. The van der Waals surface area contributed by atoms with Crippen molar-refractivity contribution < 1.29 is 4.39 Å². The second-order valence-electron chi connectivity index (χ2n) is 4.49. The Balaban J connectivity index is 2.63. The van der Waals surface area contributed by atoms with Crippen LogP contribution in [-0.2, 0) is 7.05 Å². The van der Waals surface area contributed by atoms with Gasteiger partial charge in [-0.3, -0.25) is 4.68 Å². The van der Waals surface area contributed by atoms with Gasteiger partial charge in [0.25, 0.3) is 0 Å². The van der Waals surface area contributed by atoms with Gasteiger partial charge in [0.15, 0.2) is 0 Å². The third kappa shape index (κ3) is 2.16. The molecule has 2 N–H and O–H groups in total. The summed E-state index contributed by atoms with van der Waals surface area (Å²) in [6.45, 7) is 4.11. The molecule has 17 heavy (non-hydrogen) atoms. The van der Waals surface area contributed by atoms with Crippen LogP contribution in [0.4, 0.5) is 10.1 Å². The van der Waals surface area contributed by atoms with Gasteiger partial charge in [0.2, 0.25) is 0 Å².